The summed E-state index contributed by atoms with van der Waals surface area (Å²) in [6, 6.07) is 0. The van der Waals surface area contributed by atoms with E-state index in [-0.39, 0.29) is 0 Å². The SMILES string of the molecule is C=C/C=C\CN1CCN(CCCCCCC(=C)/C=C\C)C1. The van der Waals surface area contributed by atoms with Crippen molar-refractivity contribution in [2.24, 2.45) is 0 Å². The van der Waals surface area contributed by atoms with E-state index < -0.39 is 0 Å². The van der Waals surface area contributed by atoms with Crippen molar-refractivity contribution in [2.45, 2.75) is 39.0 Å². The van der Waals surface area contributed by atoms with Gasteiger partial charge in [-0.25, -0.2) is 0 Å². The van der Waals surface area contributed by atoms with Crippen molar-refractivity contribution in [1.29, 1.82) is 0 Å². The lowest BCUT2D eigenvalue weighted by molar-refractivity contribution is 0.256. The van der Waals surface area contributed by atoms with Crippen LogP contribution in [0.1, 0.15) is 39.0 Å². The Hall–Kier alpha value is -1.12. The third-order valence-corrected chi connectivity index (χ3v) is 3.89. The summed E-state index contributed by atoms with van der Waals surface area (Å²) in [5, 5.41) is 0. The highest BCUT2D eigenvalue weighted by Crippen LogP contribution is 2.11. The molecule has 0 aromatic rings. The van der Waals surface area contributed by atoms with E-state index in [1.807, 2.05) is 12.2 Å². The molecule has 0 aromatic carbocycles. The Morgan fingerprint density at radius 3 is 2.62 bits per heavy atom. The summed E-state index contributed by atoms with van der Waals surface area (Å²) in [4.78, 5) is 5.06. The van der Waals surface area contributed by atoms with E-state index in [4.69, 9.17) is 0 Å². The topological polar surface area (TPSA) is 6.48 Å². The van der Waals surface area contributed by atoms with Crippen LogP contribution in [0.5, 0.6) is 0 Å². The molecule has 0 unspecified atom stereocenters. The van der Waals surface area contributed by atoms with Crippen molar-refractivity contribution in [2.75, 3.05) is 32.8 Å². The Bertz CT molecular complexity index is 355. The van der Waals surface area contributed by atoms with Crippen molar-refractivity contribution in [1.82, 2.24) is 9.80 Å². The molecule has 0 aliphatic carbocycles. The minimum absolute atomic E-state index is 1.05. The van der Waals surface area contributed by atoms with Crippen LogP contribution in [0.15, 0.2) is 49.1 Å². The quantitative estimate of drug-likeness (QED) is 0.411. The monoisotopic (exact) mass is 288 g/mol. The second kappa shape index (κ2) is 11.5. The number of allylic oxidation sites excluding steroid dienone is 5. The van der Waals surface area contributed by atoms with Crippen molar-refractivity contribution in [3.8, 4) is 0 Å². The highest BCUT2D eigenvalue weighted by atomic mass is 15.4. The number of hydrogen-bond acceptors (Lipinski definition) is 2. The highest BCUT2D eigenvalue weighted by Gasteiger charge is 2.17. The van der Waals surface area contributed by atoms with Crippen LogP contribution < -0.4 is 0 Å². The Labute approximate surface area is 131 Å². The third-order valence-electron chi connectivity index (χ3n) is 3.89. The molecule has 1 fully saturated rings. The molecule has 1 heterocycles. The second-order valence-corrected chi connectivity index (χ2v) is 5.82. The van der Waals surface area contributed by atoms with Gasteiger partial charge < -0.3 is 0 Å². The highest BCUT2D eigenvalue weighted by molar-refractivity contribution is 5.12. The fourth-order valence-corrected chi connectivity index (χ4v) is 2.70. The summed E-state index contributed by atoms with van der Waals surface area (Å²) in [7, 11) is 0. The van der Waals surface area contributed by atoms with Gasteiger partial charge in [0.2, 0.25) is 0 Å². The molecule has 1 rings (SSSR count). The van der Waals surface area contributed by atoms with Crippen LogP contribution >= 0.6 is 0 Å². The average Bonchev–Trinajstić information content (AvgIpc) is 2.91. The van der Waals surface area contributed by atoms with Crippen LogP contribution in [-0.4, -0.2) is 42.6 Å². The van der Waals surface area contributed by atoms with Gasteiger partial charge in [-0.15, -0.1) is 0 Å². The third kappa shape index (κ3) is 8.69. The first-order valence-electron chi connectivity index (χ1n) is 8.29. The van der Waals surface area contributed by atoms with Gasteiger partial charge in [-0.2, -0.15) is 0 Å². The van der Waals surface area contributed by atoms with E-state index in [1.54, 1.807) is 0 Å². The Kier molecular flexibility index (Phi) is 9.84. The van der Waals surface area contributed by atoms with Crippen LogP contribution in [-0.2, 0) is 0 Å². The Morgan fingerprint density at radius 2 is 1.86 bits per heavy atom. The molecule has 0 aromatic heterocycles. The minimum atomic E-state index is 1.05. The van der Waals surface area contributed by atoms with Gasteiger partial charge >= 0.3 is 0 Å². The van der Waals surface area contributed by atoms with Gasteiger partial charge in [0.15, 0.2) is 0 Å². The molecule has 0 N–H and O–H groups in total. The van der Waals surface area contributed by atoms with E-state index in [2.05, 4.69) is 48.1 Å². The predicted molar refractivity (Wildman–Crippen MR) is 94.4 cm³/mol. The standard InChI is InChI=1S/C19H32N2/c1-4-6-10-14-20-16-17-21(18-20)15-11-8-7-9-13-19(3)12-5-2/h4-6,10,12H,1,3,7-9,11,13-18H2,2H3/b10-6-,12-5-. The lowest BCUT2D eigenvalue weighted by Gasteiger charge is -2.16. The first-order chi connectivity index (χ1) is 10.3. The molecule has 0 bridgehead atoms. The van der Waals surface area contributed by atoms with Gasteiger partial charge in [0.1, 0.15) is 0 Å². The van der Waals surface area contributed by atoms with Crippen LogP contribution in [0, 0.1) is 0 Å². The largest absolute Gasteiger partial charge is 0.289 e. The maximum atomic E-state index is 4.05. The second-order valence-electron chi connectivity index (χ2n) is 5.82. The van der Waals surface area contributed by atoms with Crippen molar-refractivity contribution >= 4 is 0 Å². The van der Waals surface area contributed by atoms with E-state index in [1.165, 1.54) is 50.9 Å². The average molecular weight is 288 g/mol. The van der Waals surface area contributed by atoms with Crippen LogP contribution in [0.3, 0.4) is 0 Å². The molecule has 1 saturated heterocycles. The van der Waals surface area contributed by atoms with Gasteiger partial charge in [-0.3, -0.25) is 9.80 Å². The number of unbranched alkanes of at least 4 members (excludes halogenated alkanes) is 3. The van der Waals surface area contributed by atoms with Crippen LogP contribution in [0.25, 0.3) is 0 Å². The molecule has 118 valence electrons. The first-order valence-corrected chi connectivity index (χ1v) is 8.29. The lowest BCUT2D eigenvalue weighted by Crippen LogP contribution is -2.26. The van der Waals surface area contributed by atoms with Crippen LogP contribution in [0.2, 0.25) is 0 Å². The molecule has 0 spiro atoms. The van der Waals surface area contributed by atoms with Gasteiger partial charge in [0.05, 0.1) is 6.67 Å². The molecule has 1 aliphatic rings. The smallest absolute Gasteiger partial charge is 0.0510 e. The summed E-state index contributed by atoms with van der Waals surface area (Å²) in [5.74, 6) is 0. The molecule has 0 amide bonds. The molecule has 2 nitrogen and oxygen atoms in total. The molecule has 21 heavy (non-hydrogen) atoms. The van der Waals surface area contributed by atoms with Crippen LogP contribution in [0.4, 0.5) is 0 Å². The Morgan fingerprint density at radius 1 is 1.10 bits per heavy atom. The van der Waals surface area contributed by atoms with Gasteiger partial charge in [-0.05, 0) is 32.7 Å². The molecule has 0 radical (unpaired) electrons. The maximum absolute atomic E-state index is 4.05. The van der Waals surface area contributed by atoms with E-state index >= 15 is 0 Å². The Balaban J connectivity index is 1.98. The zero-order chi connectivity index (χ0) is 15.3. The number of nitrogens with zero attached hydrogens (tertiary/aromatic N) is 2. The predicted octanol–water partition coefficient (Wildman–Crippen LogP) is 4.39. The van der Waals surface area contributed by atoms with Crippen molar-refractivity contribution < 1.29 is 0 Å². The van der Waals surface area contributed by atoms with Gasteiger partial charge in [0, 0.05) is 19.6 Å². The summed E-state index contributed by atoms with van der Waals surface area (Å²) < 4.78 is 0. The summed E-state index contributed by atoms with van der Waals surface area (Å²) in [5.41, 5.74) is 1.26. The summed E-state index contributed by atoms with van der Waals surface area (Å²) in [6.07, 6.45) is 16.7. The summed E-state index contributed by atoms with van der Waals surface area (Å²) in [6.45, 7) is 15.7. The fourth-order valence-electron chi connectivity index (χ4n) is 2.70. The first kappa shape index (κ1) is 17.9. The fraction of sp³-hybridized carbons (Fsp3) is 0.579. The van der Waals surface area contributed by atoms with E-state index in [0.717, 1.165) is 19.6 Å². The zero-order valence-electron chi connectivity index (χ0n) is 13.8. The molecule has 0 atom stereocenters. The zero-order valence-corrected chi connectivity index (χ0v) is 13.8. The van der Waals surface area contributed by atoms with Gasteiger partial charge in [0.25, 0.3) is 0 Å². The molecular weight excluding hydrogens is 256 g/mol. The van der Waals surface area contributed by atoms with E-state index in [9.17, 15) is 0 Å². The molecular formula is C19H32N2. The maximum Gasteiger partial charge on any atom is 0.0510 e. The normalized spacial score (nSPS) is 17.2. The lowest BCUT2D eigenvalue weighted by atomic mass is 10.1. The number of rotatable bonds is 11. The van der Waals surface area contributed by atoms with Gasteiger partial charge in [-0.1, -0.05) is 62.0 Å². The van der Waals surface area contributed by atoms with Crippen molar-refractivity contribution in [3.05, 3.63) is 49.1 Å². The van der Waals surface area contributed by atoms with Crippen molar-refractivity contribution in [3.63, 3.8) is 0 Å². The summed E-state index contributed by atoms with van der Waals surface area (Å²) >= 11 is 0. The van der Waals surface area contributed by atoms with E-state index in [0.29, 0.717) is 0 Å². The molecule has 1 aliphatic heterocycles. The molecule has 2 heteroatoms. The number of hydrogen-bond donors (Lipinski definition) is 0. The molecule has 0 saturated carbocycles. The minimum Gasteiger partial charge on any atom is -0.289 e.